The molecule has 3 rings (SSSR count). The van der Waals surface area contributed by atoms with Crippen LogP contribution in [0.5, 0.6) is 11.5 Å². The molecule has 0 fully saturated rings. The Kier molecular flexibility index (Phi) is 8.48. The highest BCUT2D eigenvalue weighted by Gasteiger charge is 2.31. The van der Waals surface area contributed by atoms with Crippen molar-refractivity contribution >= 4 is 56.4 Å². The summed E-state index contributed by atoms with van der Waals surface area (Å²) in [5, 5.41) is 0.995. The molecule has 0 aliphatic rings. The number of sulfonamides is 1. The van der Waals surface area contributed by atoms with Crippen LogP contribution in [0.1, 0.15) is 12.8 Å². The average molecular weight is 529 g/mol. The second-order valence-corrected chi connectivity index (χ2v) is 9.86. The van der Waals surface area contributed by atoms with Crippen molar-refractivity contribution in [2.75, 3.05) is 18.0 Å². The van der Waals surface area contributed by atoms with E-state index in [1.165, 1.54) is 37.4 Å². The monoisotopic (exact) mass is 527 g/mol. The van der Waals surface area contributed by atoms with Crippen molar-refractivity contribution in [1.82, 2.24) is 0 Å². The van der Waals surface area contributed by atoms with Crippen LogP contribution in [0.2, 0.25) is 15.1 Å². The number of benzene rings is 3. The zero-order valence-electron chi connectivity index (χ0n) is 17.5. The number of rotatable bonds is 9. The first kappa shape index (κ1) is 25.2. The molecule has 0 atom stereocenters. The zero-order chi connectivity index (χ0) is 24.0. The van der Waals surface area contributed by atoms with Crippen LogP contribution in [0.3, 0.4) is 0 Å². The van der Waals surface area contributed by atoms with E-state index < -0.39 is 15.9 Å². The molecule has 0 bridgehead atoms. The first-order valence-electron chi connectivity index (χ1n) is 9.78. The summed E-state index contributed by atoms with van der Waals surface area (Å²) in [5.74, 6) is 0.147. The minimum atomic E-state index is -4.18. The van der Waals surface area contributed by atoms with Crippen molar-refractivity contribution in [2.45, 2.75) is 17.7 Å². The summed E-state index contributed by atoms with van der Waals surface area (Å²) < 4.78 is 38.2. The van der Waals surface area contributed by atoms with Gasteiger partial charge in [-0.2, -0.15) is 0 Å². The molecule has 10 heteroatoms. The number of anilines is 1. The van der Waals surface area contributed by atoms with E-state index in [1.54, 1.807) is 36.4 Å². The number of hydrogen-bond acceptors (Lipinski definition) is 5. The second-order valence-electron chi connectivity index (χ2n) is 6.82. The Morgan fingerprint density at radius 3 is 2.21 bits per heavy atom. The normalized spacial score (nSPS) is 11.2. The lowest BCUT2D eigenvalue weighted by molar-refractivity contribution is -0.117. The Labute approximate surface area is 207 Å². The van der Waals surface area contributed by atoms with Crippen molar-refractivity contribution in [2.24, 2.45) is 0 Å². The Hall–Kier alpha value is -2.45. The molecule has 1 amide bonds. The summed E-state index contributed by atoms with van der Waals surface area (Å²) in [5.41, 5.74) is 0.108. The van der Waals surface area contributed by atoms with Crippen LogP contribution in [-0.2, 0) is 14.8 Å². The van der Waals surface area contributed by atoms with Gasteiger partial charge in [-0.3, -0.25) is 4.79 Å². The van der Waals surface area contributed by atoms with E-state index in [4.69, 9.17) is 44.3 Å². The SMILES string of the molecule is COc1ccc(N(C(=O)CCCOc2ccc(Cl)cc2Cl)S(=O)(=O)c2ccccc2)cc1Cl. The molecule has 0 radical (unpaired) electrons. The summed E-state index contributed by atoms with van der Waals surface area (Å²) in [6, 6.07) is 16.9. The summed E-state index contributed by atoms with van der Waals surface area (Å²) in [7, 11) is -2.74. The zero-order valence-corrected chi connectivity index (χ0v) is 20.6. The fourth-order valence-corrected chi connectivity index (χ4v) is 5.17. The van der Waals surface area contributed by atoms with E-state index in [1.807, 2.05) is 0 Å². The molecule has 3 aromatic carbocycles. The van der Waals surface area contributed by atoms with Gasteiger partial charge in [0.15, 0.2) is 0 Å². The summed E-state index contributed by atoms with van der Waals surface area (Å²) in [6.45, 7) is 0.148. The van der Waals surface area contributed by atoms with Crippen LogP contribution in [-0.4, -0.2) is 28.0 Å². The molecule has 3 aromatic rings. The van der Waals surface area contributed by atoms with Gasteiger partial charge in [-0.25, -0.2) is 12.7 Å². The molecular formula is C23H20Cl3NO5S. The van der Waals surface area contributed by atoms with Gasteiger partial charge in [-0.15, -0.1) is 0 Å². The maximum Gasteiger partial charge on any atom is 0.270 e. The molecule has 0 saturated heterocycles. The minimum absolute atomic E-state index is 0.0190. The van der Waals surface area contributed by atoms with E-state index in [0.29, 0.717) is 21.5 Å². The summed E-state index contributed by atoms with van der Waals surface area (Å²) >= 11 is 18.1. The van der Waals surface area contributed by atoms with Crippen molar-refractivity contribution in [3.8, 4) is 11.5 Å². The lowest BCUT2D eigenvalue weighted by atomic mass is 10.2. The van der Waals surface area contributed by atoms with Crippen molar-refractivity contribution in [3.05, 3.63) is 81.8 Å². The van der Waals surface area contributed by atoms with Crippen molar-refractivity contribution in [3.63, 3.8) is 0 Å². The first-order chi connectivity index (χ1) is 15.7. The lowest BCUT2D eigenvalue weighted by Gasteiger charge is -2.23. The van der Waals surface area contributed by atoms with Gasteiger partial charge in [-0.05, 0) is 55.0 Å². The molecule has 0 unspecified atom stereocenters. The molecule has 0 heterocycles. The third kappa shape index (κ3) is 6.12. The highest BCUT2D eigenvalue weighted by molar-refractivity contribution is 7.93. The number of nitrogens with zero attached hydrogens (tertiary/aromatic N) is 1. The van der Waals surface area contributed by atoms with Gasteiger partial charge in [0.2, 0.25) is 5.91 Å². The van der Waals surface area contributed by atoms with Crippen LogP contribution in [0.15, 0.2) is 71.6 Å². The van der Waals surface area contributed by atoms with Gasteiger partial charge < -0.3 is 9.47 Å². The van der Waals surface area contributed by atoms with Crippen molar-refractivity contribution < 1.29 is 22.7 Å². The molecule has 0 spiro atoms. The van der Waals surface area contributed by atoms with Crippen LogP contribution in [0.4, 0.5) is 5.69 Å². The lowest BCUT2D eigenvalue weighted by Crippen LogP contribution is -2.37. The number of carbonyl (C=O) groups is 1. The van der Waals surface area contributed by atoms with Gasteiger partial charge in [0.05, 0.1) is 34.3 Å². The third-order valence-electron chi connectivity index (χ3n) is 4.56. The topological polar surface area (TPSA) is 72.9 Å². The van der Waals surface area contributed by atoms with Gasteiger partial charge in [-0.1, -0.05) is 53.0 Å². The van der Waals surface area contributed by atoms with E-state index in [-0.39, 0.29) is 35.1 Å². The third-order valence-corrected chi connectivity index (χ3v) is 7.15. The van der Waals surface area contributed by atoms with E-state index in [9.17, 15) is 13.2 Å². The van der Waals surface area contributed by atoms with Gasteiger partial charge in [0.25, 0.3) is 10.0 Å². The predicted octanol–water partition coefficient (Wildman–Crippen LogP) is 6.24. The number of hydrogen-bond donors (Lipinski definition) is 0. The van der Waals surface area contributed by atoms with Crippen molar-refractivity contribution in [1.29, 1.82) is 0 Å². The van der Waals surface area contributed by atoms with Crippen LogP contribution in [0, 0.1) is 0 Å². The average Bonchev–Trinajstić information content (AvgIpc) is 2.78. The molecule has 0 N–H and O–H groups in total. The quantitative estimate of drug-likeness (QED) is 0.308. The fraction of sp³-hybridized carbons (Fsp3) is 0.174. The minimum Gasteiger partial charge on any atom is -0.495 e. The maximum atomic E-state index is 13.3. The molecule has 174 valence electrons. The maximum absolute atomic E-state index is 13.3. The second kappa shape index (κ2) is 11.1. The van der Waals surface area contributed by atoms with Crippen LogP contribution < -0.4 is 13.8 Å². The molecule has 0 saturated carbocycles. The smallest absolute Gasteiger partial charge is 0.270 e. The highest BCUT2D eigenvalue weighted by atomic mass is 35.5. The molecule has 0 aliphatic carbocycles. The molecule has 6 nitrogen and oxygen atoms in total. The number of amides is 1. The molecule has 33 heavy (non-hydrogen) atoms. The van der Waals surface area contributed by atoms with E-state index in [2.05, 4.69) is 0 Å². The van der Waals surface area contributed by atoms with Gasteiger partial charge >= 0.3 is 0 Å². The molecular weight excluding hydrogens is 509 g/mol. The number of methoxy groups -OCH3 is 1. The first-order valence-corrected chi connectivity index (χ1v) is 12.4. The fourth-order valence-electron chi connectivity index (χ4n) is 3.00. The summed E-state index contributed by atoms with van der Waals surface area (Å²) in [4.78, 5) is 13.1. The molecule has 0 aromatic heterocycles. The van der Waals surface area contributed by atoms with Crippen LogP contribution >= 0.6 is 34.8 Å². The largest absolute Gasteiger partial charge is 0.495 e. The van der Waals surface area contributed by atoms with Gasteiger partial charge in [0, 0.05) is 11.4 Å². The number of ether oxygens (including phenoxy) is 2. The Bertz CT molecular complexity index is 1240. The van der Waals surface area contributed by atoms with E-state index >= 15 is 0 Å². The Balaban J connectivity index is 1.81. The molecule has 0 aliphatic heterocycles. The Morgan fingerprint density at radius 1 is 0.909 bits per heavy atom. The number of halogens is 3. The summed E-state index contributed by atoms with van der Waals surface area (Å²) in [6.07, 6.45) is 0.156. The highest BCUT2D eigenvalue weighted by Crippen LogP contribution is 2.33. The predicted molar refractivity (Wildman–Crippen MR) is 130 cm³/mol. The van der Waals surface area contributed by atoms with Gasteiger partial charge in [0.1, 0.15) is 11.5 Å². The van der Waals surface area contributed by atoms with E-state index in [0.717, 1.165) is 4.31 Å². The number of carbonyl (C=O) groups excluding carboxylic acids is 1. The Morgan fingerprint density at radius 2 is 1.58 bits per heavy atom. The standard InChI is InChI=1S/C23H20Cl3NO5S/c1-31-21-12-10-17(15-20(21)26)27(33(29,30)18-6-3-2-4-7-18)23(28)8-5-13-32-22-11-9-16(24)14-19(22)25/h2-4,6-7,9-12,14-15H,5,8,13H2,1H3. The van der Waals surface area contributed by atoms with Crippen LogP contribution in [0.25, 0.3) is 0 Å².